The number of nitrogens with one attached hydrogen (secondary N) is 1. The highest BCUT2D eigenvalue weighted by Crippen LogP contribution is 2.19. The topological polar surface area (TPSA) is 29.9 Å². The molecular weight excluding hydrogens is 222 g/mol. The van der Waals surface area contributed by atoms with Gasteiger partial charge in [-0.05, 0) is 26.2 Å². The van der Waals surface area contributed by atoms with Gasteiger partial charge in [0.25, 0.3) is 0 Å². The number of hydrogen-bond acceptors (Lipinski definition) is 2. The van der Waals surface area contributed by atoms with Crippen LogP contribution >= 0.6 is 0 Å². The molecule has 1 fully saturated rings. The van der Waals surface area contributed by atoms with Crippen LogP contribution in [0.4, 0.5) is 0 Å². The van der Waals surface area contributed by atoms with Crippen LogP contribution in [0.2, 0.25) is 0 Å². The summed E-state index contributed by atoms with van der Waals surface area (Å²) in [7, 11) is 0. The molecule has 102 valence electrons. The Kier molecular flexibility index (Phi) is 5.24. The summed E-state index contributed by atoms with van der Waals surface area (Å²) in [5.74, 6) is 0. The Bertz CT molecular complexity index is 353. The first-order chi connectivity index (χ1) is 8.79. The molecular formula is C15H27N3. The number of aryl methyl sites for hydroxylation is 2. The molecule has 0 amide bonds. The molecule has 0 aromatic carbocycles. The van der Waals surface area contributed by atoms with Crippen LogP contribution in [0.5, 0.6) is 0 Å². The van der Waals surface area contributed by atoms with Crippen molar-refractivity contribution in [2.45, 2.75) is 77.9 Å². The van der Waals surface area contributed by atoms with Gasteiger partial charge in [0, 0.05) is 30.9 Å². The quantitative estimate of drug-likeness (QED) is 0.680. The van der Waals surface area contributed by atoms with Crippen molar-refractivity contribution in [3.63, 3.8) is 0 Å². The van der Waals surface area contributed by atoms with Crippen LogP contribution in [-0.2, 0) is 13.1 Å². The Morgan fingerprint density at radius 2 is 2.06 bits per heavy atom. The molecule has 0 unspecified atom stereocenters. The maximum absolute atomic E-state index is 4.60. The van der Waals surface area contributed by atoms with Gasteiger partial charge < -0.3 is 5.32 Å². The summed E-state index contributed by atoms with van der Waals surface area (Å²) >= 11 is 0. The number of hydrogen-bond donors (Lipinski definition) is 1. The molecule has 1 aliphatic carbocycles. The molecule has 0 spiro atoms. The largest absolute Gasteiger partial charge is 0.310 e. The van der Waals surface area contributed by atoms with Gasteiger partial charge in [0.2, 0.25) is 0 Å². The predicted octanol–water partition coefficient (Wildman–Crippen LogP) is 3.41. The van der Waals surface area contributed by atoms with Gasteiger partial charge in [0.1, 0.15) is 0 Å². The average Bonchev–Trinajstić information content (AvgIpc) is 3.11. The molecule has 18 heavy (non-hydrogen) atoms. The van der Waals surface area contributed by atoms with Crippen molar-refractivity contribution in [2.24, 2.45) is 0 Å². The van der Waals surface area contributed by atoms with Crippen molar-refractivity contribution >= 4 is 0 Å². The first-order valence-corrected chi connectivity index (χ1v) is 7.56. The Hall–Kier alpha value is -0.830. The fourth-order valence-electron chi connectivity index (χ4n) is 2.27. The maximum atomic E-state index is 4.60. The molecule has 1 heterocycles. The van der Waals surface area contributed by atoms with Gasteiger partial charge in [0.15, 0.2) is 0 Å². The second-order valence-electron chi connectivity index (χ2n) is 5.57. The van der Waals surface area contributed by atoms with E-state index in [1.54, 1.807) is 0 Å². The van der Waals surface area contributed by atoms with E-state index in [1.807, 2.05) is 0 Å². The van der Waals surface area contributed by atoms with Gasteiger partial charge >= 0.3 is 0 Å². The van der Waals surface area contributed by atoms with E-state index in [4.69, 9.17) is 0 Å². The highest BCUT2D eigenvalue weighted by Gasteiger charge is 2.20. The minimum absolute atomic E-state index is 0.779. The van der Waals surface area contributed by atoms with Gasteiger partial charge in [-0.25, -0.2) is 0 Å². The minimum atomic E-state index is 0.779. The Morgan fingerprint density at radius 1 is 1.28 bits per heavy atom. The molecule has 0 aliphatic heterocycles. The van der Waals surface area contributed by atoms with E-state index in [2.05, 4.69) is 35.1 Å². The molecule has 1 aromatic heterocycles. The van der Waals surface area contributed by atoms with E-state index in [0.717, 1.165) is 19.1 Å². The number of nitrogens with zero attached hydrogens (tertiary/aromatic N) is 2. The van der Waals surface area contributed by atoms with Crippen LogP contribution in [-0.4, -0.2) is 15.8 Å². The van der Waals surface area contributed by atoms with Gasteiger partial charge in [0.05, 0.1) is 5.69 Å². The normalized spacial score (nSPS) is 15.2. The van der Waals surface area contributed by atoms with Crippen LogP contribution in [0.1, 0.15) is 63.1 Å². The first-order valence-electron chi connectivity index (χ1n) is 7.56. The maximum Gasteiger partial charge on any atom is 0.0638 e. The van der Waals surface area contributed by atoms with Crippen LogP contribution in [0.3, 0.4) is 0 Å². The first kappa shape index (κ1) is 13.6. The third-order valence-electron chi connectivity index (χ3n) is 3.70. The van der Waals surface area contributed by atoms with Gasteiger partial charge in [-0.15, -0.1) is 0 Å². The average molecular weight is 249 g/mol. The molecule has 3 heteroatoms. The zero-order chi connectivity index (χ0) is 12.8. The minimum Gasteiger partial charge on any atom is -0.310 e. The fourth-order valence-corrected chi connectivity index (χ4v) is 2.27. The molecule has 0 saturated heterocycles. The van der Waals surface area contributed by atoms with Crippen molar-refractivity contribution in [2.75, 3.05) is 0 Å². The summed E-state index contributed by atoms with van der Waals surface area (Å²) in [6, 6.07) is 0.779. The van der Waals surface area contributed by atoms with Crippen molar-refractivity contribution in [1.82, 2.24) is 15.1 Å². The zero-order valence-corrected chi connectivity index (χ0v) is 11.9. The van der Waals surface area contributed by atoms with Crippen LogP contribution in [0.15, 0.2) is 6.20 Å². The third kappa shape index (κ3) is 4.45. The van der Waals surface area contributed by atoms with E-state index in [1.165, 1.54) is 56.2 Å². The molecule has 1 N–H and O–H groups in total. The van der Waals surface area contributed by atoms with Crippen molar-refractivity contribution in [1.29, 1.82) is 0 Å². The van der Waals surface area contributed by atoms with E-state index in [-0.39, 0.29) is 0 Å². The zero-order valence-electron chi connectivity index (χ0n) is 11.9. The summed E-state index contributed by atoms with van der Waals surface area (Å²) in [6.45, 7) is 6.45. The lowest BCUT2D eigenvalue weighted by Gasteiger charge is -2.01. The van der Waals surface area contributed by atoms with E-state index < -0.39 is 0 Å². The summed E-state index contributed by atoms with van der Waals surface area (Å²) in [5.41, 5.74) is 2.56. The SMILES string of the molecule is CCCCCCCn1cc(CNC2CC2)c(C)n1. The van der Waals surface area contributed by atoms with E-state index in [9.17, 15) is 0 Å². The Morgan fingerprint density at radius 3 is 2.78 bits per heavy atom. The molecule has 1 aliphatic rings. The molecule has 0 atom stereocenters. The fraction of sp³-hybridized carbons (Fsp3) is 0.800. The Labute approximate surface area is 111 Å². The lowest BCUT2D eigenvalue weighted by Crippen LogP contribution is -2.15. The summed E-state index contributed by atoms with van der Waals surface area (Å²) in [6.07, 6.45) is 11.6. The number of rotatable bonds is 9. The van der Waals surface area contributed by atoms with E-state index in [0.29, 0.717) is 0 Å². The Balaban J connectivity index is 1.69. The summed E-state index contributed by atoms with van der Waals surface area (Å²) in [5, 5.41) is 8.16. The van der Waals surface area contributed by atoms with Crippen molar-refractivity contribution in [3.8, 4) is 0 Å². The molecule has 2 rings (SSSR count). The number of aromatic nitrogens is 2. The van der Waals surface area contributed by atoms with Crippen molar-refractivity contribution in [3.05, 3.63) is 17.5 Å². The van der Waals surface area contributed by atoms with Crippen LogP contribution < -0.4 is 5.32 Å². The summed E-state index contributed by atoms with van der Waals surface area (Å²) in [4.78, 5) is 0. The van der Waals surface area contributed by atoms with Crippen molar-refractivity contribution < 1.29 is 0 Å². The van der Waals surface area contributed by atoms with Gasteiger partial charge in [-0.2, -0.15) is 5.10 Å². The second kappa shape index (κ2) is 6.93. The molecule has 3 nitrogen and oxygen atoms in total. The van der Waals surface area contributed by atoms with Crippen LogP contribution in [0.25, 0.3) is 0 Å². The highest BCUT2D eigenvalue weighted by molar-refractivity contribution is 5.15. The lowest BCUT2D eigenvalue weighted by atomic mass is 10.1. The van der Waals surface area contributed by atoms with Gasteiger partial charge in [-0.3, -0.25) is 4.68 Å². The standard InChI is InChI=1S/C15H27N3/c1-3-4-5-6-7-10-18-12-14(13(2)17-18)11-16-15-8-9-15/h12,15-16H,3-11H2,1-2H3. The monoisotopic (exact) mass is 249 g/mol. The molecule has 1 saturated carbocycles. The molecule has 0 bridgehead atoms. The van der Waals surface area contributed by atoms with E-state index >= 15 is 0 Å². The lowest BCUT2D eigenvalue weighted by molar-refractivity contribution is 0.531. The molecule has 0 radical (unpaired) electrons. The predicted molar refractivity (Wildman–Crippen MR) is 75.6 cm³/mol. The highest BCUT2D eigenvalue weighted by atomic mass is 15.3. The van der Waals surface area contributed by atoms with Gasteiger partial charge in [-0.1, -0.05) is 32.6 Å². The number of unbranched alkanes of at least 4 members (excludes halogenated alkanes) is 4. The second-order valence-corrected chi connectivity index (χ2v) is 5.57. The third-order valence-corrected chi connectivity index (χ3v) is 3.70. The smallest absolute Gasteiger partial charge is 0.0638 e. The molecule has 1 aromatic rings. The summed E-state index contributed by atoms with van der Waals surface area (Å²) < 4.78 is 2.13. The van der Waals surface area contributed by atoms with Crippen LogP contribution in [0, 0.1) is 6.92 Å².